The van der Waals surface area contributed by atoms with Crippen molar-refractivity contribution in [3.05, 3.63) is 74.5 Å². The molecule has 3 aromatic rings. The summed E-state index contributed by atoms with van der Waals surface area (Å²) in [6, 6.07) is 7.34. The molecular formula is C23H23N5O3S. The van der Waals surface area contributed by atoms with Gasteiger partial charge in [-0.3, -0.25) is 0 Å². The van der Waals surface area contributed by atoms with E-state index >= 15 is 0 Å². The zero-order valence-corrected chi connectivity index (χ0v) is 18.7. The molecule has 0 bridgehead atoms. The smallest absolute Gasteiger partial charge is 0.220 e. The number of thiazole rings is 1. The molecule has 164 valence electrons. The predicted molar refractivity (Wildman–Crippen MR) is 121 cm³/mol. The first-order valence-corrected chi connectivity index (χ1v) is 10.8. The topological polar surface area (TPSA) is 126 Å². The number of aromatic nitrogens is 2. The minimum atomic E-state index is -1.23. The molecule has 4 N–H and O–H groups in total. The normalized spacial score (nSPS) is 16.1. The Kier molecular flexibility index (Phi) is 6.10. The number of hydrogen-bond donors (Lipinski definition) is 3. The van der Waals surface area contributed by atoms with E-state index in [2.05, 4.69) is 21.4 Å². The van der Waals surface area contributed by atoms with Crippen molar-refractivity contribution in [2.24, 2.45) is 5.73 Å². The van der Waals surface area contributed by atoms with Crippen molar-refractivity contribution in [3.8, 4) is 17.7 Å². The molecular weight excluding hydrogens is 426 g/mol. The van der Waals surface area contributed by atoms with E-state index in [1.54, 1.807) is 31.6 Å². The van der Waals surface area contributed by atoms with E-state index in [0.29, 0.717) is 22.8 Å². The van der Waals surface area contributed by atoms with Crippen LogP contribution < -0.4 is 20.5 Å². The lowest BCUT2D eigenvalue weighted by Crippen LogP contribution is -2.32. The van der Waals surface area contributed by atoms with Crippen LogP contribution in [-0.2, 0) is 6.61 Å². The molecule has 1 aliphatic heterocycles. The Balaban J connectivity index is 1.92. The third-order valence-electron chi connectivity index (χ3n) is 5.42. The quantitative estimate of drug-likeness (QED) is 0.489. The first-order valence-electron chi connectivity index (χ1n) is 9.94. The lowest BCUT2D eigenvalue weighted by atomic mass is 9.79. The number of nitrogens with two attached hydrogens (primary N) is 1. The molecule has 2 aromatic heterocycles. The van der Waals surface area contributed by atoms with Crippen LogP contribution in [0.5, 0.6) is 11.6 Å². The second-order valence-corrected chi connectivity index (χ2v) is 8.38. The highest BCUT2D eigenvalue weighted by atomic mass is 32.1. The van der Waals surface area contributed by atoms with Gasteiger partial charge in [0.25, 0.3) is 0 Å². The van der Waals surface area contributed by atoms with Crippen molar-refractivity contribution in [2.45, 2.75) is 32.6 Å². The van der Waals surface area contributed by atoms with Gasteiger partial charge in [0.1, 0.15) is 23.6 Å². The Morgan fingerprint density at radius 2 is 2.16 bits per heavy atom. The van der Waals surface area contributed by atoms with Gasteiger partial charge >= 0.3 is 0 Å². The van der Waals surface area contributed by atoms with Gasteiger partial charge in [0.2, 0.25) is 5.88 Å². The molecule has 0 saturated carbocycles. The van der Waals surface area contributed by atoms with E-state index < -0.39 is 12.1 Å². The number of ether oxygens (including phenoxy) is 2. The largest absolute Gasteiger partial charge is 0.496 e. The molecule has 32 heavy (non-hydrogen) atoms. The van der Waals surface area contributed by atoms with Crippen LogP contribution in [0.15, 0.2) is 47.2 Å². The number of allylic oxidation sites excluding steroid dienone is 1. The minimum absolute atomic E-state index is 0.264. The fourth-order valence-electron chi connectivity index (χ4n) is 3.98. The fraction of sp³-hybridized carbons (Fsp3) is 0.261. The predicted octanol–water partition coefficient (Wildman–Crippen LogP) is 3.41. The third kappa shape index (κ3) is 3.91. The molecule has 1 unspecified atom stereocenters. The molecule has 2 atom stereocenters. The average Bonchev–Trinajstić information content (AvgIpc) is 3.31. The van der Waals surface area contributed by atoms with Gasteiger partial charge in [0.15, 0.2) is 0 Å². The summed E-state index contributed by atoms with van der Waals surface area (Å²) < 4.78 is 11.7. The highest BCUT2D eigenvalue weighted by Gasteiger charge is 2.36. The Hall–Kier alpha value is -3.45. The Bertz CT molecular complexity index is 1220. The minimum Gasteiger partial charge on any atom is -0.496 e. The summed E-state index contributed by atoms with van der Waals surface area (Å²) in [5, 5.41) is 25.9. The second-order valence-electron chi connectivity index (χ2n) is 7.40. The number of hydrogen-bond acceptors (Lipinski definition) is 9. The van der Waals surface area contributed by atoms with Gasteiger partial charge < -0.3 is 25.6 Å². The van der Waals surface area contributed by atoms with E-state index in [4.69, 9.17) is 15.2 Å². The number of benzene rings is 1. The van der Waals surface area contributed by atoms with Gasteiger partial charge in [0.05, 0.1) is 24.4 Å². The van der Waals surface area contributed by atoms with Crippen molar-refractivity contribution in [3.63, 3.8) is 0 Å². The summed E-state index contributed by atoms with van der Waals surface area (Å²) in [4.78, 5) is 8.82. The molecule has 1 aliphatic rings. The van der Waals surface area contributed by atoms with E-state index in [1.165, 1.54) is 11.3 Å². The number of methoxy groups -OCH3 is 1. The molecule has 1 aromatic carbocycles. The molecule has 0 aliphatic carbocycles. The van der Waals surface area contributed by atoms with Crippen LogP contribution in [0, 0.1) is 18.3 Å². The van der Waals surface area contributed by atoms with Gasteiger partial charge in [-0.05, 0) is 31.5 Å². The van der Waals surface area contributed by atoms with Gasteiger partial charge in [-0.25, -0.2) is 9.97 Å². The molecule has 0 amide bonds. The Morgan fingerprint density at radius 1 is 1.34 bits per heavy atom. The highest BCUT2D eigenvalue weighted by molar-refractivity contribution is 7.09. The number of fused-ring (bicyclic) bond motifs is 1. The molecule has 0 spiro atoms. The summed E-state index contributed by atoms with van der Waals surface area (Å²) >= 11 is 1.50. The van der Waals surface area contributed by atoms with E-state index in [1.807, 2.05) is 25.3 Å². The van der Waals surface area contributed by atoms with Crippen molar-refractivity contribution in [2.75, 3.05) is 12.4 Å². The van der Waals surface area contributed by atoms with E-state index in [9.17, 15) is 10.4 Å². The third-order valence-corrected chi connectivity index (χ3v) is 6.18. The molecule has 8 nitrogen and oxygen atoms in total. The number of aryl methyl sites for hydroxylation is 1. The maximum absolute atomic E-state index is 10.5. The summed E-state index contributed by atoms with van der Waals surface area (Å²) in [6.45, 7) is 4.09. The number of nitrogens with one attached hydrogen (secondary N) is 1. The maximum atomic E-state index is 10.5. The number of nitrogens with zero attached hydrogens (tertiary/aromatic N) is 3. The standard InChI is InChI=1S/C23H23N5O3S/c1-12-10-27-23(31-11-17-26-6-7-32-17)20-19(18(22(25)29)13(2)28-21(12)20)15-5-4-14(9-24)8-16(15)30-3/h4-8,10,19,22,28-29H,11,25H2,1-3H3/t19-,22?/m0/s1. The maximum Gasteiger partial charge on any atom is 0.220 e. The van der Waals surface area contributed by atoms with Crippen molar-refractivity contribution in [1.29, 1.82) is 5.26 Å². The Morgan fingerprint density at radius 3 is 2.81 bits per heavy atom. The number of anilines is 1. The summed E-state index contributed by atoms with van der Waals surface area (Å²) in [7, 11) is 1.55. The van der Waals surface area contributed by atoms with Gasteiger partial charge in [-0.1, -0.05) is 6.07 Å². The second kappa shape index (κ2) is 8.96. The van der Waals surface area contributed by atoms with Crippen LogP contribution >= 0.6 is 11.3 Å². The fourth-order valence-corrected chi connectivity index (χ4v) is 4.51. The Labute approximate surface area is 190 Å². The average molecular weight is 450 g/mol. The molecule has 0 saturated heterocycles. The van der Waals surface area contributed by atoms with Crippen LogP contribution in [-0.4, -0.2) is 28.4 Å². The van der Waals surface area contributed by atoms with Crippen LogP contribution in [0.3, 0.4) is 0 Å². The molecule has 0 fully saturated rings. The number of rotatable bonds is 6. The number of aliphatic hydroxyl groups is 1. The van der Waals surface area contributed by atoms with Gasteiger partial charge in [0, 0.05) is 46.1 Å². The number of pyridine rings is 1. The van der Waals surface area contributed by atoms with Crippen LogP contribution in [0.1, 0.15) is 40.1 Å². The van der Waals surface area contributed by atoms with Crippen LogP contribution in [0.4, 0.5) is 5.69 Å². The van der Waals surface area contributed by atoms with E-state index in [-0.39, 0.29) is 6.61 Å². The highest BCUT2D eigenvalue weighted by Crippen LogP contribution is 2.49. The lowest BCUT2D eigenvalue weighted by molar-refractivity contribution is 0.210. The zero-order valence-electron chi connectivity index (χ0n) is 17.9. The van der Waals surface area contributed by atoms with Gasteiger partial charge in [-0.2, -0.15) is 5.26 Å². The number of nitriles is 1. The number of aliphatic hydroxyl groups excluding tert-OH is 1. The SMILES string of the molecule is COc1cc(C#N)ccc1[C@H]1C(C(N)O)=C(C)Nc2c(C)cnc(OCc3nccs3)c21. The molecule has 0 radical (unpaired) electrons. The van der Waals surface area contributed by atoms with Crippen LogP contribution in [0.2, 0.25) is 0 Å². The monoisotopic (exact) mass is 449 g/mol. The molecule has 9 heteroatoms. The van der Waals surface area contributed by atoms with Crippen molar-refractivity contribution in [1.82, 2.24) is 9.97 Å². The lowest BCUT2D eigenvalue weighted by Gasteiger charge is -2.34. The van der Waals surface area contributed by atoms with Crippen molar-refractivity contribution < 1.29 is 14.6 Å². The molecule has 3 heterocycles. The van der Waals surface area contributed by atoms with Gasteiger partial charge in [-0.15, -0.1) is 11.3 Å². The first-order chi connectivity index (χ1) is 15.4. The first kappa shape index (κ1) is 21.8. The molecule has 4 rings (SSSR count). The summed E-state index contributed by atoms with van der Waals surface area (Å²) in [6.07, 6.45) is 2.24. The summed E-state index contributed by atoms with van der Waals surface area (Å²) in [5.74, 6) is 0.434. The summed E-state index contributed by atoms with van der Waals surface area (Å²) in [5.41, 5.74) is 11.1. The zero-order chi connectivity index (χ0) is 22.8. The van der Waals surface area contributed by atoms with Crippen LogP contribution in [0.25, 0.3) is 0 Å². The van der Waals surface area contributed by atoms with E-state index in [0.717, 1.165) is 33.1 Å². The van der Waals surface area contributed by atoms with Crippen molar-refractivity contribution >= 4 is 17.0 Å².